The Morgan fingerprint density at radius 1 is 1.04 bits per heavy atom. The summed E-state index contributed by atoms with van der Waals surface area (Å²) in [4.78, 5) is 27.9. The molecular weight excluding hydrogens is 352 g/mol. The highest BCUT2D eigenvalue weighted by Gasteiger charge is 2.22. The van der Waals surface area contributed by atoms with Gasteiger partial charge in [-0.15, -0.1) is 0 Å². The van der Waals surface area contributed by atoms with Gasteiger partial charge >= 0.3 is 0 Å². The molecule has 1 saturated heterocycles. The lowest BCUT2D eigenvalue weighted by Crippen LogP contribution is -2.50. The number of Topliss-reactive ketones (excluding diaryl/α,β-unsaturated/α-hetero) is 1. The number of ether oxygens (including phenoxy) is 1. The second-order valence-corrected chi connectivity index (χ2v) is 6.65. The van der Waals surface area contributed by atoms with Crippen molar-refractivity contribution in [2.75, 3.05) is 37.7 Å². The molecule has 0 aliphatic carbocycles. The predicted octanol–water partition coefficient (Wildman–Crippen LogP) is 3.27. The van der Waals surface area contributed by atoms with Gasteiger partial charge in [0, 0.05) is 42.5 Å². The lowest BCUT2D eigenvalue weighted by Gasteiger charge is -2.36. The Kier molecular flexibility index (Phi) is 5.78. The number of hydrogen-bond donors (Lipinski definition) is 0. The van der Waals surface area contributed by atoms with Gasteiger partial charge in [0.15, 0.2) is 12.4 Å². The number of benzene rings is 2. The van der Waals surface area contributed by atoms with Crippen LogP contribution >= 0.6 is 11.6 Å². The van der Waals surface area contributed by atoms with E-state index in [9.17, 15) is 9.59 Å². The van der Waals surface area contributed by atoms with Gasteiger partial charge in [-0.2, -0.15) is 0 Å². The molecule has 26 heavy (non-hydrogen) atoms. The maximum atomic E-state index is 12.3. The fourth-order valence-corrected chi connectivity index (χ4v) is 3.03. The number of amides is 1. The monoisotopic (exact) mass is 372 g/mol. The van der Waals surface area contributed by atoms with E-state index in [0.717, 1.165) is 18.8 Å². The maximum Gasteiger partial charge on any atom is 0.260 e. The number of piperazine rings is 1. The number of halogens is 1. The normalized spacial score (nSPS) is 14.2. The first-order chi connectivity index (χ1) is 12.5. The number of carbonyl (C=O) groups is 2. The number of nitrogens with zero attached hydrogens (tertiary/aromatic N) is 2. The minimum Gasteiger partial charge on any atom is -0.484 e. The quantitative estimate of drug-likeness (QED) is 0.756. The van der Waals surface area contributed by atoms with E-state index in [2.05, 4.69) is 4.90 Å². The van der Waals surface area contributed by atoms with Crippen LogP contribution in [-0.2, 0) is 4.79 Å². The van der Waals surface area contributed by atoms with Crippen LogP contribution in [0.25, 0.3) is 0 Å². The molecular formula is C20H21ClN2O3. The Morgan fingerprint density at radius 2 is 1.73 bits per heavy atom. The first-order valence-electron chi connectivity index (χ1n) is 8.55. The molecule has 1 amide bonds. The highest BCUT2D eigenvalue weighted by molar-refractivity contribution is 6.30. The molecule has 1 aliphatic rings. The summed E-state index contributed by atoms with van der Waals surface area (Å²) in [6.07, 6.45) is 0. The fraction of sp³-hybridized carbons (Fsp3) is 0.300. The first-order valence-corrected chi connectivity index (χ1v) is 8.93. The molecule has 5 nitrogen and oxygen atoms in total. The average molecular weight is 373 g/mol. The molecule has 1 fully saturated rings. The van der Waals surface area contributed by atoms with Crippen molar-refractivity contribution in [1.29, 1.82) is 0 Å². The zero-order chi connectivity index (χ0) is 18.5. The van der Waals surface area contributed by atoms with Gasteiger partial charge < -0.3 is 14.5 Å². The summed E-state index contributed by atoms with van der Waals surface area (Å²) < 4.78 is 5.53. The Hall–Kier alpha value is -2.53. The van der Waals surface area contributed by atoms with Crippen LogP contribution in [0.5, 0.6) is 5.75 Å². The average Bonchev–Trinajstić information content (AvgIpc) is 2.67. The van der Waals surface area contributed by atoms with E-state index in [0.29, 0.717) is 29.4 Å². The lowest BCUT2D eigenvalue weighted by atomic mass is 10.1. The predicted molar refractivity (Wildman–Crippen MR) is 102 cm³/mol. The van der Waals surface area contributed by atoms with Crippen molar-refractivity contribution < 1.29 is 14.3 Å². The summed E-state index contributed by atoms with van der Waals surface area (Å²) in [7, 11) is 0. The first kappa shape index (κ1) is 18.3. The molecule has 0 radical (unpaired) electrons. The van der Waals surface area contributed by atoms with Crippen LogP contribution in [-0.4, -0.2) is 49.4 Å². The number of hydrogen-bond acceptors (Lipinski definition) is 4. The van der Waals surface area contributed by atoms with Crippen molar-refractivity contribution in [3.63, 3.8) is 0 Å². The van der Waals surface area contributed by atoms with Crippen LogP contribution in [0.2, 0.25) is 5.02 Å². The van der Waals surface area contributed by atoms with Gasteiger partial charge in [0.25, 0.3) is 5.91 Å². The number of anilines is 1. The largest absolute Gasteiger partial charge is 0.484 e. The Labute approximate surface area is 158 Å². The third kappa shape index (κ3) is 4.55. The van der Waals surface area contributed by atoms with E-state index in [1.54, 1.807) is 36.1 Å². The Balaban J connectivity index is 1.51. The van der Waals surface area contributed by atoms with Crippen molar-refractivity contribution in [3.8, 4) is 5.75 Å². The van der Waals surface area contributed by atoms with Gasteiger partial charge in [0.1, 0.15) is 5.75 Å². The molecule has 1 heterocycles. The van der Waals surface area contributed by atoms with Crippen LogP contribution in [0.15, 0.2) is 48.5 Å². The summed E-state index contributed by atoms with van der Waals surface area (Å²) in [6, 6.07) is 14.6. The third-order valence-electron chi connectivity index (χ3n) is 4.43. The van der Waals surface area contributed by atoms with Crippen LogP contribution in [0.4, 0.5) is 5.69 Å². The van der Waals surface area contributed by atoms with E-state index >= 15 is 0 Å². The molecule has 0 N–H and O–H groups in total. The molecule has 0 unspecified atom stereocenters. The highest BCUT2D eigenvalue weighted by Crippen LogP contribution is 2.19. The van der Waals surface area contributed by atoms with Gasteiger partial charge in [-0.05, 0) is 43.3 Å². The summed E-state index contributed by atoms with van der Waals surface area (Å²) in [5.74, 6) is 0.652. The lowest BCUT2D eigenvalue weighted by molar-refractivity contribution is -0.133. The van der Waals surface area contributed by atoms with Gasteiger partial charge in [0.2, 0.25) is 0 Å². The van der Waals surface area contributed by atoms with Crippen LogP contribution in [0.3, 0.4) is 0 Å². The third-order valence-corrected chi connectivity index (χ3v) is 4.68. The molecule has 2 aromatic carbocycles. The van der Waals surface area contributed by atoms with Crippen molar-refractivity contribution in [2.24, 2.45) is 0 Å². The number of rotatable bonds is 5. The zero-order valence-corrected chi connectivity index (χ0v) is 15.4. The smallest absolute Gasteiger partial charge is 0.260 e. The Morgan fingerprint density at radius 3 is 2.38 bits per heavy atom. The summed E-state index contributed by atoms with van der Waals surface area (Å²) in [5, 5.41) is 0.633. The number of carbonyl (C=O) groups excluding carboxylic acids is 2. The van der Waals surface area contributed by atoms with Crippen LogP contribution in [0, 0.1) is 0 Å². The van der Waals surface area contributed by atoms with Crippen molar-refractivity contribution >= 4 is 29.0 Å². The van der Waals surface area contributed by atoms with Gasteiger partial charge in [0.05, 0.1) is 0 Å². The molecule has 0 aromatic heterocycles. The number of ketones is 1. The van der Waals surface area contributed by atoms with Gasteiger partial charge in [-0.25, -0.2) is 0 Å². The standard InChI is InChI=1S/C20H21ClN2O3/c1-15(24)16-3-2-4-18(13-16)22-9-11-23(12-10-22)20(25)14-26-19-7-5-17(21)6-8-19/h2-8,13H,9-12,14H2,1H3. The van der Waals surface area contributed by atoms with Crippen molar-refractivity contribution in [2.45, 2.75) is 6.92 Å². The van der Waals surface area contributed by atoms with Gasteiger partial charge in [-0.1, -0.05) is 23.7 Å². The molecule has 0 atom stereocenters. The Bertz CT molecular complexity index is 784. The zero-order valence-electron chi connectivity index (χ0n) is 14.7. The van der Waals surface area contributed by atoms with E-state index in [-0.39, 0.29) is 18.3 Å². The molecule has 136 valence electrons. The molecule has 6 heteroatoms. The molecule has 3 rings (SSSR count). The minimum absolute atomic E-state index is 0.0153. The van der Waals surface area contributed by atoms with Crippen LogP contribution in [0.1, 0.15) is 17.3 Å². The maximum absolute atomic E-state index is 12.3. The summed E-state index contributed by atoms with van der Waals surface area (Å²) in [6.45, 7) is 4.31. The van der Waals surface area contributed by atoms with E-state index < -0.39 is 0 Å². The van der Waals surface area contributed by atoms with E-state index in [1.165, 1.54) is 0 Å². The summed E-state index contributed by atoms with van der Waals surface area (Å²) >= 11 is 5.83. The molecule has 0 spiro atoms. The van der Waals surface area contributed by atoms with Gasteiger partial charge in [-0.3, -0.25) is 9.59 Å². The minimum atomic E-state index is -0.0305. The van der Waals surface area contributed by atoms with E-state index in [1.807, 2.05) is 24.3 Å². The fourth-order valence-electron chi connectivity index (χ4n) is 2.90. The summed E-state index contributed by atoms with van der Waals surface area (Å²) in [5.41, 5.74) is 1.72. The molecule has 2 aromatic rings. The highest BCUT2D eigenvalue weighted by atomic mass is 35.5. The second kappa shape index (κ2) is 8.23. The SMILES string of the molecule is CC(=O)c1cccc(N2CCN(C(=O)COc3ccc(Cl)cc3)CC2)c1. The van der Waals surface area contributed by atoms with E-state index in [4.69, 9.17) is 16.3 Å². The topological polar surface area (TPSA) is 49.9 Å². The molecule has 0 bridgehead atoms. The molecule has 0 saturated carbocycles. The second-order valence-electron chi connectivity index (χ2n) is 6.22. The van der Waals surface area contributed by atoms with Crippen LogP contribution < -0.4 is 9.64 Å². The van der Waals surface area contributed by atoms with Crippen molar-refractivity contribution in [1.82, 2.24) is 4.90 Å². The molecule has 1 aliphatic heterocycles. The van der Waals surface area contributed by atoms with Crippen molar-refractivity contribution in [3.05, 3.63) is 59.1 Å².